The summed E-state index contributed by atoms with van der Waals surface area (Å²) in [6.07, 6.45) is 5.54. The first-order chi connectivity index (χ1) is 16.9. The van der Waals surface area contributed by atoms with E-state index in [1.807, 2.05) is 37.4 Å². The van der Waals surface area contributed by atoms with Crippen LogP contribution in [0.2, 0.25) is 0 Å². The number of carbonyl (C=O) groups excluding carboxylic acids is 2. The minimum Gasteiger partial charge on any atom is -0.466 e. The van der Waals surface area contributed by atoms with Gasteiger partial charge in [0.1, 0.15) is 0 Å². The van der Waals surface area contributed by atoms with Gasteiger partial charge in [0, 0.05) is 29.7 Å². The summed E-state index contributed by atoms with van der Waals surface area (Å²) >= 11 is 1.37. The van der Waals surface area contributed by atoms with Crippen LogP contribution in [0.1, 0.15) is 68.4 Å². The van der Waals surface area contributed by atoms with Crippen molar-refractivity contribution in [1.82, 2.24) is 9.88 Å². The quantitative estimate of drug-likeness (QED) is 0.436. The molecule has 0 bridgehead atoms. The van der Waals surface area contributed by atoms with E-state index in [0.29, 0.717) is 30.5 Å². The largest absolute Gasteiger partial charge is 0.466 e. The van der Waals surface area contributed by atoms with Crippen LogP contribution in [-0.4, -0.2) is 46.7 Å². The number of nitrogens with zero attached hydrogens (tertiary/aromatic N) is 2. The molecule has 0 spiro atoms. The van der Waals surface area contributed by atoms with E-state index in [0.717, 1.165) is 61.9 Å². The Balaban J connectivity index is 1.34. The maximum Gasteiger partial charge on any atom is 0.325 e. The monoisotopic (exact) mass is 500 g/mol. The molecule has 1 aromatic heterocycles. The van der Waals surface area contributed by atoms with E-state index >= 15 is 0 Å². The number of anilines is 2. The Kier molecular flexibility index (Phi) is 8.75. The molecule has 1 aliphatic carbocycles. The normalized spacial score (nSPS) is 19.9. The molecule has 190 valence electrons. The van der Waals surface area contributed by atoms with Gasteiger partial charge in [-0.2, -0.15) is 0 Å². The van der Waals surface area contributed by atoms with E-state index in [2.05, 4.69) is 20.5 Å². The summed E-state index contributed by atoms with van der Waals surface area (Å²) in [5.41, 5.74) is 3.31. The number of hydrogen-bond donors (Lipinski definition) is 3. The Morgan fingerprint density at radius 2 is 2.03 bits per heavy atom. The van der Waals surface area contributed by atoms with Crippen LogP contribution in [0, 0.1) is 18.8 Å². The number of aromatic nitrogens is 1. The van der Waals surface area contributed by atoms with E-state index in [-0.39, 0.29) is 23.8 Å². The lowest BCUT2D eigenvalue weighted by molar-refractivity contribution is -0.150. The van der Waals surface area contributed by atoms with Crippen molar-refractivity contribution < 1.29 is 19.4 Å². The summed E-state index contributed by atoms with van der Waals surface area (Å²) in [4.78, 5) is 31.6. The lowest BCUT2D eigenvalue weighted by Gasteiger charge is -2.30. The highest BCUT2D eigenvalue weighted by Gasteiger charge is 2.28. The van der Waals surface area contributed by atoms with Crippen molar-refractivity contribution in [3.05, 3.63) is 40.4 Å². The number of esters is 1. The first-order valence-electron chi connectivity index (χ1n) is 12.6. The van der Waals surface area contributed by atoms with Gasteiger partial charge in [0.2, 0.25) is 0 Å². The number of likely N-dealkylation sites (tertiary alicyclic amines) is 1. The van der Waals surface area contributed by atoms with Gasteiger partial charge in [-0.25, -0.2) is 9.78 Å². The fourth-order valence-corrected chi connectivity index (χ4v) is 5.83. The Labute approximate surface area is 211 Å². The second kappa shape index (κ2) is 12.0. The predicted octanol–water partition coefficient (Wildman–Crippen LogP) is 5.09. The zero-order chi connectivity index (χ0) is 24.8. The van der Waals surface area contributed by atoms with Gasteiger partial charge in [0.25, 0.3) is 0 Å². The second-order valence-electron chi connectivity index (χ2n) is 9.63. The third-order valence-electron chi connectivity index (χ3n) is 6.90. The lowest BCUT2D eigenvalue weighted by Crippen LogP contribution is -2.39. The number of nitrogens with one attached hydrogen (secondary N) is 2. The first-order valence-corrected chi connectivity index (χ1v) is 13.5. The molecule has 2 aromatic rings. The van der Waals surface area contributed by atoms with E-state index < -0.39 is 6.10 Å². The number of ether oxygens (including phenoxy) is 1. The number of carbonyl (C=O) groups is 2. The highest BCUT2D eigenvalue weighted by Crippen LogP contribution is 2.38. The standard InChI is InChI=1S/C26H36N4O4S/c1-3-34-24(32)19-9-6-12-30(14-19)15-20-16-35-26(27-20)29-25(33)28-22-11-10-17(2)13-21(22)23(31)18-7-4-5-8-18/h10-11,13,16,18-19,23,31H,3-9,12,14-15H2,1-2H3,(H2,27,28,29,33)/t19-,23?/m0/s1. The molecular formula is C26H36N4O4S. The number of amides is 2. The molecule has 0 radical (unpaired) electrons. The number of aryl methyl sites for hydroxylation is 1. The third kappa shape index (κ3) is 6.80. The zero-order valence-electron chi connectivity index (χ0n) is 20.6. The first kappa shape index (κ1) is 25.6. The van der Waals surface area contributed by atoms with E-state index in [9.17, 15) is 14.7 Å². The summed E-state index contributed by atoms with van der Waals surface area (Å²) in [5.74, 6) is 0.0252. The highest BCUT2D eigenvalue weighted by molar-refractivity contribution is 7.13. The maximum absolute atomic E-state index is 12.7. The number of hydrogen-bond acceptors (Lipinski definition) is 7. The molecule has 8 nitrogen and oxygen atoms in total. The Morgan fingerprint density at radius 3 is 2.80 bits per heavy atom. The van der Waals surface area contributed by atoms with Crippen molar-refractivity contribution in [2.24, 2.45) is 11.8 Å². The molecule has 2 heterocycles. The molecule has 1 saturated carbocycles. The van der Waals surface area contributed by atoms with Crippen molar-refractivity contribution in [1.29, 1.82) is 0 Å². The minimum atomic E-state index is -0.581. The van der Waals surface area contributed by atoms with Crippen molar-refractivity contribution in [2.75, 3.05) is 30.3 Å². The Morgan fingerprint density at radius 1 is 1.23 bits per heavy atom. The molecule has 9 heteroatoms. The van der Waals surface area contributed by atoms with Gasteiger partial charge < -0.3 is 15.2 Å². The summed E-state index contributed by atoms with van der Waals surface area (Å²) < 4.78 is 5.19. The van der Waals surface area contributed by atoms with Crippen molar-refractivity contribution in [3.63, 3.8) is 0 Å². The van der Waals surface area contributed by atoms with Crippen LogP contribution in [0.15, 0.2) is 23.6 Å². The van der Waals surface area contributed by atoms with Crippen molar-refractivity contribution >= 4 is 34.2 Å². The molecule has 1 aromatic carbocycles. The summed E-state index contributed by atoms with van der Waals surface area (Å²) in [7, 11) is 0. The van der Waals surface area contributed by atoms with Gasteiger partial charge in [0.15, 0.2) is 5.13 Å². The Hall–Kier alpha value is -2.49. The predicted molar refractivity (Wildman–Crippen MR) is 137 cm³/mol. The van der Waals surface area contributed by atoms with Gasteiger partial charge in [0.05, 0.1) is 24.3 Å². The van der Waals surface area contributed by atoms with Crippen LogP contribution in [0.3, 0.4) is 0 Å². The van der Waals surface area contributed by atoms with Crippen LogP contribution >= 0.6 is 11.3 Å². The maximum atomic E-state index is 12.7. The van der Waals surface area contributed by atoms with Gasteiger partial charge >= 0.3 is 12.0 Å². The topological polar surface area (TPSA) is 104 Å². The molecule has 4 rings (SSSR count). The van der Waals surface area contributed by atoms with Gasteiger partial charge in [-0.3, -0.25) is 15.0 Å². The summed E-state index contributed by atoms with van der Waals surface area (Å²) in [6, 6.07) is 5.37. The molecule has 2 atom stereocenters. The molecule has 1 aliphatic heterocycles. The van der Waals surface area contributed by atoms with Crippen molar-refractivity contribution in [2.45, 2.75) is 65.0 Å². The number of aliphatic hydroxyl groups excluding tert-OH is 1. The molecule has 2 fully saturated rings. The van der Waals surface area contributed by atoms with Crippen molar-refractivity contribution in [3.8, 4) is 0 Å². The number of urea groups is 1. The zero-order valence-corrected chi connectivity index (χ0v) is 21.4. The molecule has 3 N–H and O–H groups in total. The van der Waals surface area contributed by atoms with Crippen LogP contribution < -0.4 is 10.6 Å². The van der Waals surface area contributed by atoms with Crippen LogP contribution in [-0.2, 0) is 16.1 Å². The van der Waals surface area contributed by atoms with Crippen LogP contribution in [0.5, 0.6) is 0 Å². The summed E-state index contributed by atoms with van der Waals surface area (Å²) in [5, 5.41) is 19.1. The number of thiazole rings is 1. The van der Waals surface area contributed by atoms with Crippen LogP contribution in [0.25, 0.3) is 0 Å². The highest BCUT2D eigenvalue weighted by atomic mass is 32.1. The smallest absolute Gasteiger partial charge is 0.325 e. The third-order valence-corrected chi connectivity index (χ3v) is 7.71. The Bertz CT molecular complexity index is 1020. The average Bonchev–Trinajstić information content (AvgIpc) is 3.53. The SMILES string of the molecule is CCOC(=O)[C@H]1CCCN(Cc2csc(NC(=O)Nc3ccc(C)cc3C(O)C3CCCC3)n2)C1. The minimum absolute atomic E-state index is 0.0889. The fourth-order valence-electron chi connectivity index (χ4n) is 5.14. The molecule has 1 saturated heterocycles. The number of rotatable bonds is 8. The molecule has 35 heavy (non-hydrogen) atoms. The van der Waals surface area contributed by atoms with Gasteiger partial charge in [-0.15, -0.1) is 11.3 Å². The molecule has 1 unspecified atom stereocenters. The number of piperidine rings is 1. The molecule has 2 aliphatic rings. The fraction of sp³-hybridized carbons (Fsp3) is 0.577. The van der Waals surface area contributed by atoms with Crippen LogP contribution in [0.4, 0.5) is 15.6 Å². The lowest BCUT2D eigenvalue weighted by atomic mass is 9.92. The molecular weight excluding hydrogens is 464 g/mol. The number of aliphatic hydroxyl groups is 1. The van der Waals surface area contributed by atoms with Gasteiger partial charge in [-0.05, 0) is 58.1 Å². The summed E-state index contributed by atoms with van der Waals surface area (Å²) in [6.45, 7) is 6.43. The second-order valence-corrected chi connectivity index (χ2v) is 10.5. The van der Waals surface area contributed by atoms with E-state index in [1.54, 1.807) is 0 Å². The van der Waals surface area contributed by atoms with Gasteiger partial charge in [-0.1, -0.05) is 30.5 Å². The molecule has 2 amide bonds. The van der Waals surface area contributed by atoms with E-state index in [4.69, 9.17) is 4.74 Å². The number of benzene rings is 1. The van der Waals surface area contributed by atoms with E-state index in [1.165, 1.54) is 11.3 Å². The average molecular weight is 501 g/mol.